The highest BCUT2D eigenvalue weighted by molar-refractivity contribution is 6.31. The number of rotatable bonds is 2. The second kappa shape index (κ2) is 3.04. The van der Waals surface area contributed by atoms with Crippen LogP contribution in [0.3, 0.4) is 0 Å². The predicted octanol–water partition coefficient (Wildman–Crippen LogP) is 2.92. The zero-order chi connectivity index (χ0) is 9.42. The predicted molar refractivity (Wildman–Crippen MR) is 50.4 cm³/mol. The summed E-state index contributed by atoms with van der Waals surface area (Å²) in [5.41, 5.74) is 1.28. The lowest BCUT2D eigenvalue weighted by atomic mass is 10.0. The Morgan fingerprint density at radius 3 is 2.69 bits per heavy atom. The minimum Gasteiger partial charge on any atom is -0.478 e. The van der Waals surface area contributed by atoms with E-state index in [1.54, 1.807) is 6.07 Å². The summed E-state index contributed by atoms with van der Waals surface area (Å²) >= 11 is 5.72. The molecule has 1 saturated carbocycles. The van der Waals surface area contributed by atoms with Crippen LogP contribution in [-0.4, -0.2) is 11.1 Å². The van der Waals surface area contributed by atoms with Crippen molar-refractivity contribution in [2.24, 2.45) is 0 Å². The van der Waals surface area contributed by atoms with Gasteiger partial charge in [0.15, 0.2) is 0 Å². The first-order valence-electron chi connectivity index (χ1n) is 4.21. The molecule has 0 atom stereocenters. The molecule has 0 bridgehead atoms. The monoisotopic (exact) mass is 196 g/mol. The van der Waals surface area contributed by atoms with Gasteiger partial charge in [-0.15, -0.1) is 0 Å². The van der Waals surface area contributed by atoms with E-state index < -0.39 is 5.97 Å². The highest BCUT2D eigenvalue weighted by atomic mass is 35.5. The molecule has 1 aromatic carbocycles. The molecule has 1 fully saturated rings. The molecule has 13 heavy (non-hydrogen) atoms. The van der Waals surface area contributed by atoms with Gasteiger partial charge in [0.1, 0.15) is 0 Å². The van der Waals surface area contributed by atoms with Crippen molar-refractivity contribution < 1.29 is 9.90 Å². The van der Waals surface area contributed by atoms with Gasteiger partial charge in [-0.1, -0.05) is 17.7 Å². The summed E-state index contributed by atoms with van der Waals surface area (Å²) in [6.45, 7) is 0. The maximum atomic E-state index is 10.8. The van der Waals surface area contributed by atoms with Gasteiger partial charge in [-0.3, -0.25) is 0 Å². The van der Waals surface area contributed by atoms with Crippen LogP contribution in [-0.2, 0) is 0 Å². The molecule has 3 heteroatoms. The van der Waals surface area contributed by atoms with Gasteiger partial charge < -0.3 is 5.11 Å². The maximum Gasteiger partial charge on any atom is 0.336 e. The third kappa shape index (κ3) is 1.68. The molecule has 0 unspecified atom stereocenters. The number of hydrogen-bond donors (Lipinski definition) is 1. The fraction of sp³-hybridized carbons (Fsp3) is 0.300. The molecule has 68 valence electrons. The van der Waals surface area contributed by atoms with Gasteiger partial charge in [-0.2, -0.15) is 0 Å². The molecule has 2 nitrogen and oxygen atoms in total. The Bertz CT molecular complexity index is 356. The summed E-state index contributed by atoms with van der Waals surface area (Å²) in [4.78, 5) is 10.8. The third-order valence-electron chi connectivity index (χ3n) is 2.26. The van der Waals surface area contributed by atoms with Crippen molar-refractivity contribution in [1.82, 2.24) is 0 Å². The van der Waals surface area contributed by atoms with Crippen molar-refractivity contribution in [3.63, 3.8) is 0 Å². The van der Waals surface area contributed by atoms with E-state index in [2.05, 4.69) is 0 Å². The molecule has 0 amide bonds. The summed E-state index contributed by atoms with van der Waals surface area (Å²) in [6.07, 6.45) is 2.20. The number of halogens is 1. The standard InChI is InChI=1S/C10H9ClO2/c11-7-3-4-8(6-1-2-6)9(5-7)10(12)13/h3-6H,1-2H2,(H,12,13). The smallest absolute Gasteiger partial charge is 0.336 e. The van der Waals surface area contributed by atoms with Crippen molar-refractivity contribution in [3.8, 4) is 0 Å². The third-order valence-corrected chi connectivity index (χ3v) is 2.50. The molecule has 0 spiro atoms. The maximum absolute atomic E-state index is 10.8. The van der Waals surface area contributed by atoms with Crippen LogP contribution < -0.4 is 0 Å². The minimum atomic E-state index is -0.885. The van der Waals surface area contributed by atoms with Crippen LogP contribution in [0.5, 0.6) is 0 Å². The molecular formula is C10H9ClO2. The van der Waals surface area contributed by atoms with Crippen molar-refractivity contribution in [2.75, 3.05) is 0 Å². The number of carbonyl (C=O) groups is 1. The van der Waals surface area contributed by atoms with Gasteiger partial charge in [-0.25, -0.2) is 4.79 Å². The molecule has 0 aliphatic heterocycles. The molecular weight excluding hydrogens is 188 g/mol. The number of carboxylic acids is 1. The van der Waals surface area contributed by atoms with E-state index >= 15 is 0 Å². The Morgan fingerprint density at radius 2 is 2.15 bits per heavy atom. The van der Waals surface area contributed by atoms with E-state index in [0.717, 1.165) is 18.4 Å². The summed E-state index contributed by atoms with van der Waals surface area (Å²) in [6, 6.07) is 5.10. The Morgan fingerprint density at radius 1 is 1.46 bits per heavy atom. The summed E-state index contributed by atoms with van der Waals surface area (Å²) < 4.78 is 0. The molecule has 1 N–H and O–H groups in total. The number of hydrogen-bond acceptors (Lipinski definition) is 1. The molecule has 1 aliphatic rings. The Kier molecular flexibility index (Phi) is 2.00. The average Bonchev–Trinajstić information content (AvgIpc) is 2.87. The quantitative estimate of drug-likeness (QED) is 0.790. The molecule has 2 rings (SSSR count). The molecule has 0 radical (unpaired) electrons. The van der Waals surface area contributed by atoms with Crippen molar-refractivity contribution in [2.45, 2.75) is 18.8 Å². The lowest BCUT2D eigenvalue weighted by molar-refractivity contribution is 0.0695. The van der Waals surface area contributed by atoms with E-state index in [9.17, 15) is 4.79 Å². The zero-order valence-corrected chi connectivity index (χ0v) is 7.71. The largest absolute Gasteiger partial charge is 0.478 e. The summed E-state index contributed by atoms with van der Waals surface area (Å²) in [5, 5.41) is 9.40. The molecule has 1 aliphatic carbocycles. The first-order chi connectivity index (χ1) is 6.18. The van der Waals surface area contributed by atoms with Gasteiger partial charge in [0.05, 0.1) is 5.56 Å². The molecule has 1 aromatic rings. The van der Waals surface area contributed by atoms with E-state index in [4.69, 9.17) is 16.7 Å². The van der Waals surface area contributed by atoms with Gasteiger partial charge in [-0.05, 0) is 36.5 Å². The van der Waals surface area contributed by atoms with Crippen LogP contribution in [0, 0.1) is 0 Å². The summed E-state index contributed by atoms with van der Waals surface area (Å²) in [7, 11) is 0. The Balaban J connectivity index is 2.47. The van der Waals surface area contributed by atoms with Crippen LogP contribution in [0.1, 0.15) is 34.7 Å². The van der Waals surface area contributed by atoms with Crippen LogP contribution >= 0.6 is 11.6 Å². The normalized spacial score (nSPS) is 15.8. The number of carboxylic acid groups (broad SMARTS) is 1. The van der Waals surface area contributed by atoms with Crippen molar-refractivity contribution in [1.29, 1.82) is 0 Å². The first-order valence-corrected chi connectivity index (χ1v) is 4.59. The average molecular weight is 197 g/mol. The van der Waals surface area contributed by atoms with E-state index in [1.807, 2.05) is 6.07 Å². The van der Waals surface area contributed by atoms with Crippen LogP contribution in [0.15, 0.2) is 18.2 Å². The molecule has 0 saturated heterocycles. The van der Waals surface area contributed by atoms with Gasteiger partial charge in [0.2, 0.25) is 0 Å². The number of benzene rings is 1. The lowest BCUT2D eigenvalue weighted by Gasteiger charge is -2.03. The van der Waals surface area contributed by atoms with Crippen LogP contribution in [0.2, 0.25) is 5.02 Å². The number of aromatic carboxylic acids is 1. The zero-order valence-electron chi connectivity index (χ0n) is 6.96. The van der Waals surface area contributed by atoms with Crippen molar-refractivity contribution >= 4 is 17.6 Å². The van der Waals surface area contributed by atoms with E-state index in [-0.39, 0.29) is 0 Å². The van der Waals surface area contributed by atoms with Gasteiger partial charge in [0.25, 0.3) is 0 Å². The highest BCUT2D eigenvalue weighted by Crippen LogP contribution is 2.42. The fourth-order valence-corrected chi connectivity index (χ4v) is 1.64. The van der Waals surface area contributed by atoms with Crippen molar-refractivity contribution in [3.05, 3.63) is 34.3 Å². The summed E-state index contributed by atoms with van der Waals surface area (Å²) in [5.74, 6) is -0.437. The van der Waals surface area contributed by atoms with Crippen LogP contribution in [0.4, 0.5) is 0 Å². The van der Waals surface area contributed by atoms with Gasteiger partial charge >= 0.3 is 5.97 Å². The molecule has 0 aromatic heterocycles. The SMILES string of the molecule is O=C(O)c1cc(Cl)ccc1C1CC1. The fourth-order valence-electron chi connectivity index (χ4n) is 1.46. The minimum absolute atomic E-state index is 0.356. The highest BCUT2D eigenvalue weighted by Gasteiger charge is 2.27. The van der Waals surface area contributed by atoms with E-state index in [1.165, 1.54) is 6.07 Å². The second-order valence-electron chi connectivity index (χ2n) is 3.31. The molecule has 0 heterocycles. The lowest BCUT2D eigenvalue weighted by Crippen LogP contribution is -2.01. The van der Waals surface area contributed by atoms with E-state index in [0.29, 0.717) is 16.5 Å². The first kappa shape index (κ1) is 8.57. The Labute approximate surface area is 81.1 Å². The Hall–Kier alpha value is -1.02. The van der Waals surface area contributed by atoms with Crippen LogP contribution in [0.25, 0.3) is 0 Å². The van der Waals surface area contributed by atoms with Gasteiger partial charge in [0, 0.05) is 5.02 Å². The topological polar surface area (TPSA) is 37.3 Å². The second-order valence-corrected chi connectivity index (χ2v) is 3.75.